The summed E-state index contributed by atoms with van der Waals surface area (Å²) < 4.78 is 68.0. The Kier molecular flexibility index (Phi) is 8.09. The van der Waals surface area contributed by atoms with Crippen molar-refractivity contribution in [2.24, 2.45) is 46.3 Å². The van der Waals surface area contributed by atoms with E-state index < -0.39 is 69.4 Å². The molecule has 49 heavy (non-hydrogen) atoms. The van der Waals surface area contributed by atoms with Crippen LogP contribution in [-0.4, -0.2) is 76.0 Å². The minimum Gasteiger partial charge on any atom is -0.457 e. The number of aliphatic hydroxyl groups is 3. The first-order valence-electron chi connectivity index (χ1n) is 18.0. The van der Waals surface area contributed by atoms with Crippen molar-refractivity contribution in [1.29, 1.82) is 0 Å². The predicted molar refractivity (Wildman–Crippen MR) is 172 cm³/mol. The first-order valence-corrected chi connectivity index (χ1v) is 18.0. The van der Waals surface area contributed by atoms with Gasteiger partial charge in [0.2, 0.25) is 0 Å². The van der Waals surface area contributed by atoms with Crippen LogP contribution in [0.15, 0.2) is 30.3 Å². The number of methoxy groups -OCH3 is 1. The smallest absolute Gasteiger partial charge is 0.432 e. The summed E-state index contributed by atoms with van der Waals surface area (Å²) in [5, 5.41) is 35.8. The molecule has 1 spiro atoms. The van der Waals surface area contributed by atoms with E-state index in [2.05, 4.69) is 13.8 Å². The molecule has 1 aromatic carbocycles. The summed E-state index contributed by atoms with van der Waals surface area (Å²) in [4.78, 5) is 13.6. The lowest BCUT2D eigenvalue weighted by atomic mass is 9.43. The molecule has 0 radical (unpaired) electrons. The lowest BCUT2D eigenvalue weighted by Crippen LogP contribution is -2.64. The molecule has 8 nitrogen and oxygen atoms in total. The van der Waals surface area contributed by atoms with Crippen LogP contribution in [0.2, 0.25) is 0 Å². The third-order valence-electron chi connectivity index (χ3n) is 14.9. The molecule has 0 bridgehead atoms. The highest BCUT2D eigenvalue weighted by molar-refractivity contribution is 5.83. The van der Waals surface area contributed by atoms with Gasteiger partial charge in [0, 0.05) is 25.0 Å². The number of benzene rings is 1. The number of esters is 1. The Labute approximate surface area is 287 Å². The average molecular weight is 695 g/mol. The summed E-state index contributed by atoms with van der Waals surface area (Å²) in [6.45, 7) is 12.2. The van der Waals surface area contributed by atoms with Crippen LogP contribution >= 0.6 is 0 Å². The quantitative estimate of drug-likeness (QED) is 0.335. The molecule has 4 aliphatic carbocycles. The van der Waals surface area contributed by atoms with Gasteiger partial charge in [-0.3, -0.25) is 0 Å². The molecule has 2 aliphatic heterocycles. The molecule has 11 heteroatoms. The average Bonchev–Trinajstić information content (AvgIpc) is 3.50. The molecular weight excluding hydrogens is 641 g/mol. The number of hydrogen-bond donors (Lipinski definition) is 3. The third-order valence-corrected chi connectivity index (χ3v) is 14.9. The number of hydrogen-bond acceptors (Lipinski definition) is 8. The predicted octanol–water partition coefficient (Wildman–Crippen LogP) is 5.89. The van der Waals surface area contributed by atoms with Gasteiger partial charge in [-0.1, -0.05) is 51.1 Å². The summed E-state index contributed by atoms with van der Waals surface area (Å²) in [5.74, 6) is -2.87. The van der Waals surface area contributed by atoms with Crippen molar-refractivity contribution < 1.29 is 52.2 Å². The van der Waals surface area contributed by atoms with E-state index in [1.54, 1.807) is 6.07 Å². The highest BCUT2D eigenvalue weighted by Crippen LogP contribution is 2.73. The van der Waals surface area contributed by atoms with Crippen LogP contribution in [0.5, 0.6) is 0 Å². The van der Waals surface area contributed by atoms with Crippen molar-refractivity contribution >= 4 is 5.97 Å². The lowest BCUT2D eigenvalue weighted by molar-refractivity contribution is -0.301. The number of carbonyl (C=O) groups is 1. The van der Waals surface area contributed by atoms with Gasteiger partial charge < -0.3 is 34.3 Å². The minimum atomic E-state index is -5.13. The Morgan fingerprint density at radius 2 is 1.61 bits per heavy atom. The van der Waals surface area contributed by atoms with E-state index in [0.717, 1.165) is 20.0 Å². The van der Waals surface area contributed by atoms with Crippen LogP contribution in [0.4, 0.5) is 13.2 Å². The number of alkyl halides is 3. The zero-order valence-corrected chi connectivity index (χ0v) is 29.6. The Morgan fingerprint density at radius 3 is 2.20 bits per heavy atom. The first-order chi connectivity index (χ1) is 22.7. The normalized spacial score (nSPS) is 49.8. The van der Waals surface area contributed by atoms with Crippen molar-refractivity contribution in [3.8, 4) is 0 Å². The summed E-state index contributed by atoms with van der Waals surface area (Å²) in [7, 11) is 0.831. The molecule has 4 saturated carbocycles. The number of fused-ring (bicyclic) bond motifs is 7. The first kappa shape index (κ1) is 35.6. The van der Waals surface area contributed by atoms with Crippen molar-refractivity contribution in [3.63, 3.8) is 0 Å². The molecule has 6 aliphatic rings. The van der Waals surface area contributed by atoms with Crippen LogP contribution in [0.3, 0.4) is 0 Å². The summed E-state index contributed by atoms with van der Waals surface area (Å²) in [5.41, 5.74) is -6.57. The zero-order valence-electron chi connectivity index (χ0n) is 29.6. The molecule has 0 unspecified atom stereocenters. The van der Waals surface area contributed by atoms with Gasteiger partial charge in [-0.25, -0.2) is 4.79 Å². The fraction of sp³-hybridized carbons (Fsp3) is 0.816. The minimum absolute atomic E-state index is 0.0132. The third kappa shape index (κ3) is 4.74. The fourth-order valence-corrected chi connectivity index (χ4v) is 12.4. The number of carbonyl (C=O) groups excluding carboxylic acids is 1. The molecule has 2 saturated heterocycles. The molecule has 3 N–H and O–H groups in total. The number of aliphatic hydroxyl groups excluding tert-OH is 2. The van der Waals surface area contributed by atoms with Crippen molar-refractivity contribution in [1.82, 2.24) is 0 Å². The van der Waals surface area contributed by atoms with Gasteiger partial charge >= 0.3 is 12.1 Å². The topological polar surface area (TPSA) is 115 Å². The Hall–Kier alpha value is -1.76. The van der Waals surface area contributed by atoms with E-state index in [1.807, 2.05) is 27.7 Å². The van der Waals surface area contributed by atoms with Crippen molar-refractivity contribution in [3.05, 3.63) is 35.9 Å². The summed E-state index contributed by atoms with van der Waals surface area (Å²) in [6, 6.07) is 6.69. The van der Waals surface area contributed by atoms with Gasteiger partial charge in [0.25, 0.3) is 5.60 Å². The molecule has 274 valence electrons. The van der Waals surface area contributed by atoms with Gasteiger partial charge in [-0.05, 0) is 99.7 Å². The van der Waals surface area contributed by atoms with E-state index in [4.69, 9.17) is 18.9 Å². The number of rotatable bonds is 4. The van der Waals surface area contributed by atoms with Crippen LogP contribution in [0.1, 0.15) is 92.1 Å². The summed E-state index contributed by atoms with van der Waals surface area (Å²) >= 11 is 0. The van der Waals surface area contributed by atoms with Crippen molar-refractivity contribution in [2.75, 3.05) is 7.11 Å². The second-order valence-corrected chi connectivity index (χ2v) is 17.6. The van der Waals surface area contributed by atoms with Crippen LogP contribution in [0.25, 0.3) is 0 Å². The Bertz CT molecular complexity index is 1450. The highest BCUT2D eigenvalue weighted by atomic mass is 19.4. The van der Waals surface area contributed by atoms with Crippen LogP contribution in [-0.2, 0) is 29.3 Å². The maximum atomic E-state index is 14.7. The van der Waals surface area contributed by atoms with E-state index in [0.29, 0.717) is 19.3 Å². The molecule has 15 atom stereocenters. The number of ether oxygens (including phenoxy) is 4. The molecular formula is C38H53F3O8. The van der Waals surface area contributed by atoms with Crippen LogP contribution < -0.4 is 0 Å². The monoisotopic (exact) mass is 694 g/mol. The molecule has 2 heterocycles. The standard InChI is InChI=1S/C38H53F3O8/c1-20-17-36(49-32(20,2)3)35(6,45)30-27(48-36)16-24-23-14-13-22-15-25(42)28(19-33(22,4)29(23)26(43)18-34(24,30)5)47-31(44)37(46-7,38(39,40)41)21-11-9-8-10-12-21/h8-12,20,22-30,42-43,45H,13-19H2,1-7H3/t20-,22-,23-,24-,25-,26-,27-,28+,29+,30-,33-,34-,35+,36-,37+/m0/s1. The maximum Gasteiger partial charge on any atom is 0.432 e. The van der Waals surface area contributed by atoms with E-state index in [-0.39, 0.29) is 54.5 Å². The van der Waals surface area contributed by atoms with Gasteiger partial charge in [0.15, 0.2) is 5.79 Å². The Morgan fingerprint density at radius 1 is 0.939 bits per heavy atom. The lowest BCUT2D eigenvalue weighted by Gasteiger charge is -2.63. The largest absolute Gasteiger partial charge is 0.457 e. The molecule has 0 aromatic heterocycles. The van der Waals surface area contributed by atoms with Crippen LogP contribution in [0, 0.1) is 46.3 Å². The van der Waals surface area contributed by atoms with E-state index >= 15 is 0 Å². The zero-order chi connectivity index (χ0) is 35.7. The van der Waals surface area contributed by atoms with Gasteiger partial charge in [-0.2, -0.15) is 13.2 Å². The van der Waals surface area contributed by atoms with Gasteiger partial charge in [0.1, 0.15) is 11.7 Å². The second-order valence-electron chi connectivity index (χ2n) is 17.6. The van der Waals surface area contributed by atoms with E-state index in [1.165, 1.54) is 24.3 Å². The molecule has 0 amide bonds. The van der Waals surface area contributed by atoms with Gasteiger partial charge in [0.05, 0.1) is 23.9 Å². The van der Waals surface area contributed by atoms with Crippen molar-refractivity contribution in [2.45, 2.75) is 140 Å². The SMILES string of the molecule is CO[C@@](C(=O)O[C@@H]1C[C@@]2(C)[C@@H](CC[C@@H]3[C@@H]2[C@@H](O)C[C@@]2(C)[C@H]3C[C@@H]3O[C@]4(C[C@H](C)C(C)(C)O4)[C@](C)(O)[C@@H]32)C[C@@H]1O)(c1ccccc1)C(F)(F)F. The van der Waals surface area contributed by atoms with E-state index in [9.17, 15) is 33.3 Å². The molecule has 1 aromatic rings. The fourth-order valence-electron chi connectivity index (χ4n) is 12.4. The second kappa shape index (κ2) is 11.1. The molecule has 6 fully saturated rings. The summed E-state index contributed by atoms with van der Waals surface area (Å²) in [6.07, 6.45) is -4.84. The maximum absolute atomic E-state index is 14.7. The van der Waals surface area contributed by atoms with Gasteiger partial charge in [-0.15, -0.1) is 0 Å². The Balaban J connectivity index is 1.16. The number of halogens is 3. The highest BCUT2D eigenvalue weighted by Gasteiger charge is 2.77. The molecule has 7 rings (SSSR count).